The molecule has 0 aromatic heterocycles. The van der Waals surface area contributed by atoms with E-state index in [4.69, 9.17) is 17.1 Å². The second-order valence-corrected chi connectivity index (χ2v) is 20.7. The number of ether oxygens (including phenoxy) is 1. The van der Waals surface area contributed by atoms with E-state index in [1.54, 1.807) is 6.92 Å². The molecule has 0 aliphatic heterocycles. The van der Waals surface area contributed by atoms with E-state index in [1.807, 2.05) is 0 Å². The fraction of sp³-hybridized carbons (Fsp3) is 0.842. The van der Waals surface area contributed by atoms with Crippen molar-refractivity contribution < 1.29 is 21.9 Å². The molecule has 0 saturated carbocycles. The lowest BCUT2D eigenvalue weighted by Crippen LogP contribution is -2.55. The molecule has 0 bridgehead atoms. The van der Waals surface area contributed by atoms with E-state index < -0.39 is 35.9 Å². The Hall–Kier alpha value is -0.0425. The molecule has 0 saturated heterocycles. The van der Waals surface area contributed by atoms with Crippen LogP contribution < -0.4 is 0 Å². The van der Waals surface area contributed by atoms with Gasteiger partial charge >= 0.3 is 14.8 Å². The van der Waals surface area contributed by atoms with Gasteiger partial charge in [0.15, 0.2) is 27.1 Å². The number of rotatable bonds is 17. The summed E-state index contributed by atoms with van der Waals surface area (Å²) in [6.07, 6.45) is 0.725. The van der Waals surface area contributed by atoms with Gasteiger partial charge in [0.05, 0.1) is 6.61 Å². The average molecular weight is 465 g/mol. The van der Waals surface area contributed by atoms with Gasteiger partial charge in [0.2, 0.25) is 0 Å². The normalized spacial score (nSPS) is 12.2. The summed E-state index contributed by atoms with van der Waals surface area (Å²) in [5.41, 5.74) is 0.436. The molecule has 5 nitrogen and oxygen atoms in total. The van der Waals surface area contributed by atoms with Crippen LogP contribution in [0.5, 0.6) is 0 Å². The fourth-order valence-electron chi connectivity index (χ4n) is 2.96. The van der Waals surface area contributed by atoms with Crippen LogP contribution in [0.1, 0.15) is 54.9 Å². The van der Waals surface area contributed by atoms with Crippen LogP contribution >= 0.6 is 0 Å². The summed E-state index contributed by atoms with van der Waals surface area (Å²) in [4.78, 5) is 11.7. The van der Waals surface area contributed by atoms with E-state index in [0.29, 0.717) is 12.2 Å². The monoisotopic (exact) mass is 464 g/mol. The third kappa shape index (κ3) is 10.7. The largest absolute Gasteiger partial charge is 0.469 e. The SMILES string of the molecule is C=C(C)C(=O)OCCC[Si](O[SiH](CC)CC)(O[SiH](CC)CC)O[SiH](CC)CC. The zero-order chi connectivity index (χ0) is 21.6. The molecule has 0 atom stereocenters. The molecule has 0 aromatic carbocycles. The highest BCUT2D eigenvalue weighted by Gasteiger charge is 2.45. The minimum atomic E-state index is -2.74. The molecule has 9 heteroatoms. The molecular formula is C19H44O5Si4. The van der Waals surface area contributed by atoms with Crippen molar-refractivity contribution >= 4 is 41.9 Å². The van der Waals surface area contributed by atoms with E-state index in [9.17, 15) is 4.79 Å². The Kier molecular flexibility index (Phi) is 15.7. The minimum absolute atomic E-state index is 0.326. The lowest BCUT2D eigenvalue weighted by atomic mass is 10.4. The maximum Gasteiger partial charge on any atom is 0.469 e. The Morgan fingerprint density at radius 1 is 0.786 bits per heavy atom. The predicted octanol–water partition coefficient (Wildman–Crippen LogP) is 4.78. The summed E-state index contributed by atoms with van der Waals surface area (Å²) >= 11 is 0. The van der Waals surface area contributed by atoms with Gasteiger partial charge in [-0.15, -0.1) is 0 Å². The first-order valence-corrected chi connectivity index (χ1v) is 19.4. The van der Waals surface area contributed by atoms with Gasteiger partial charge in [-0.2, -0.15) is 0 Å². The summed E-state index contributed by atoms with van der Waals surface area (Å²) in [6.45, 7) is 19.0. The number of esters is 1. The molecule has 0 rings (SSSR count). The van der Waals surface area contributed by atoms with E-state index in [2.05, 4.69) is 48.1 Å². The van der Waals surface area contributed by atoms with Crippen molar-refractivity contribution in [3.63, 3.8) is 0 Å². The zero-order valence-corrected chi connectivity index (χ0v) is 23.8. The molecule has 166 valence electrons. The van der Waals surface area contributed by atoms with Crippen molar-refractivity contribution in [1.29, 1.82) is 0 Å². The summed E-state index contributed by atoms with van der Waals surface area (Å²) in [5.74, 6) is -0.326. The molecule has 0 aliphatic carbocycles. The van der Waals surface area contributed by atoms with E-state index in [0.717, 1.165) is 48.7 Å². The van der Waals surface area contributed by atoms with Crippen LogP contribution in [-0.2, 0) is 21.9 Å². The van der Waals surface area contributed by atoms with Crippen LogP contribution in [0.2, 0.25) is 42.3 Å². The van der Waals surface area contributed by atoms with Gasteiger partial charge in [-0.05, 0) is 49.6 Å². The quantitative estimate of drug-likeness (QED) is 0.134. The Balaban J connectivity index is 5.45. The third-order valence-corrected chi connectivity index (χ3v) is 19.7. The lowest BCUT2D eigenvalue weighted by molar-refractivity contribution is -0.138. The first-order chi connectivity index (χ1) is 13.3. The smallest absolute Gasteiger partial charge is 0.462 e. The highest BCUT2D eigenvalue weighted by Crippen LogP contribution is 2.26. The summed E-state index contributed by atoms with van der Waals surface area (Å²) in [5, 5.41) is 0. The van der Waals surface area contributed by atoms with Gasteiger partial charge in [-0.25, -0.2) is 4.79 Å². The second kappa shape index (κ2) is 15.8. The van der Waals surface area contributed by atoms with Crippen LogP contribution in [0.4, 0.5) is 0 Å². The average Bonchev–Trinajstić information content (AvgIpc) is 2.71. The molecule has 0 radical (unpaired) electrons. The van der Waals surface area contributed by atoms with Gasteiger partial charge < -0.3 is 17.1 Å². The number of hydrogen-bond acceptors (Lipinski definition) is 5. The van der Waals surface area contributed by atoms with Crippen LogP contribution in [0, 0.1) is 0 Å². The van der Waals surface area contributed by atoms with Crippen molar-refractivity contribution in [2.45, 2.75) is 97.2 Å². The molecule has 0 aliphatic rings. The van der Waals surface area contributed by atoms with Crippen molar-refractivity contribution in [3.05, 3.63) is 12.2 Å². The van der Waals surface area contributed by atoms with Crippen molar-refractivity contribution in [2.75, 3.05) is 6.61 Å². The maximum atomic E-state index is 11.7. The Morgan fingerprint density at radius 2 is 1.14 bits per heavy atom. The summed E-state index contributed by atoms with van der Waals surface area (Å²) < 4.78 is 25.7. The highest BCUT2D eigenvalue weighted by molar-refractivity contribution is 6.81. The molecule has 28 heavy (non-hydrogen) atoms. The molecule has 0 aromatic rings. The van der Waals surface area contributed by atoms with Crippen molar-refractivity contribution in [2.24, 2.45) is 0 Å². The van der Waals surface area contributed by atoms with Gasteiger partial charge in [0.1, 0.15) is 0 Å². The van der Waals surface area contributed by atoms with Crippen LogP contribution in [0.3, 0.4) is 0 Å². The molecule has 0 heterocycles. The predicted molar refractivity (Wildman–Crippen MR) is 129 cm³/mol. The van der Waals surface area contributed by atoms with Crippen molar-refractivity contribution in [3.8, 4) is 0 Å². The fourth-order valence-corrected chi connectivity index (χ4v) is 18.9. The van der Waals surface area contributed by atoms with Crippen LogP contribution in [0.15, 0.2) is 12.2 Å². The molecule has 0 N–H and O–H groups in total. The van der Waals surface area contributed by atoms with Crippen LogP contribution in [0.25, 0.3) is 0 Å². The lowest BCUT2D eigenvalue weighted by Gasteiger charge is -2.38. The molecule has 0 unspecified atom stereocenters. The topological polar surface area (TPSA) is 54.0 Å². The maximum absolute atomic E-state index is 11.7. The Labute approximate surface area is 179 Å². The van der Waals surface area contributed by atoms with Gasteiger partial charge in [0.25, 0.3) is 0 Å². The summed E-state index contributed by atoms with van der Waals surface area (Å²) in [6, 6.07) is 7.33. The van der Waals surface area contributed by atoms with E-state index >= 15 is 0 Å². The molecule has 0 amide bonds. The van der Waals surface area contributed by atoms with Gasteiger partial charge in [-0.3, -0.25) is 0 Å². The standard InChI is InChI=1S/C19H44O5Si4/c1-9-25(10-2)22-28(23-26(11-3)12-4,24-27(13-5)14-6)17-15-16-21-19(20)18(7)8/h25-27H,7,9-17H2,1-6,8H3. The van der Waals surface area contributed by atoms with Gasteiger partial charge in [0, 0.05) is 11.6 Å². The first kappa shape index (κ1) is 28.0. The number of carbonyl (C=O) groups excluding carboxylic acids is 1. The number of carbonyl (C=O) groups is 1. The number of hydrogen-bond donors (Lipinski definition) is 0. The Bertz CT molecular complexity index is 402. The highest BCUT2D eigenvalue weighted by atomic mass is 28.5. The summed E-state index contributed by atoms with van der Waals surface area (Å²) in [7, 11) is -6.74. The zero-order valence-electron chi connectivity index (χ0n) is 19.3. The minimum Gasteiger partial charge on any atom is -0.462 e. The van der Waals surface area contributed by atoms with Gasteiger partial charge in [-0.1, -0.05) is 48.1 Å². The molecule has 0 fully saturated rings. The molecular weight excluding hydrogens is 421 g/mol. The molecule has 0 spiro atoms. The van der Waals surface area contributed by atoms with Crippen LogP contribution in [-0.4, -0.2) is 48.5 Å². The third-order valence-electron chi connectivity index (χ3n) is 4.98. The van der Waals surface area contributed by atoms with E-state index in [1.165, 1.54) is 0 Å². The van der Waals surface area contributed by atoms with E-state index in [-0.39, 0.29) is 5.97 Å². The first-order valence-electron chi connectivity index (χ1n) is 11.2. The Morgan fingerprint density at radius 3 is 1.43 bits per heavy atom. The second-order valence-electron chi connectivity index (χ2n) is 7.37. The van der Waals surface area contributed by atoms with Crippen molar-refractivity contribution in [1.82, 2.24) is 0 Å².